The van der Waals surface area contributed by atoms with Gasteiger partial charge in [-0.05, 0) is 51.0 Å². The lowest BCUT2D eigenvalue weighted by Gasteiger charge is -2.24. The van der Waals surface area contributed by atoms with Crippen molar-refractivity contribution in [2.45, 2.75) is 45.8 Å². The number of nitrogens with one attached hydrogen (secondary N) is 2. The van der Waals surface area contributed by atoms with Gasteiger partial charge >= 0.3 is 6.09 Å². The second kappa shape index (κ2) is 8.47. The van der Waals surface area contributed by atoms with Crippen molar-refractivity contribution in [1.29, 1.82) is 0 Å². The van der Waals surface area contributed by atoms with E-state index in [1.165, 1.54) is 0 Å². The highest BCUT2D eigenvalue weighted by atomic mass is 16.6. The summed E-state index contributed by atoms with van der Waals surface area (Å²) in [4.78, 5) is 29.4. The van der Waals surface area contributed by atoms with E-state index in [1.807, 2.05) is 70.2 Å². The first-order chi connectivity index (χ1) is 13.7. The Morgan fingerprint density at radius 1 is 1.24 bits per heavy atom. The van der Waals surface area contributed by atoms with Crippen molar-refractivity contribution in [3.05, 3.63) is 60.3 Å². The summed E-state index contributed by atoms with van der Waals surface area (Å²) in [6.45, 7) is 7.33. The second-order valence-corrected chi connectivity index (χ2v) is 8.17. The van der Waals surface area contributed by atoms with Crippen LogP contribution in [0.1, 0.15) is 45.7 Å². The summed E-state index contributed by atoms with van der Waals surface area (Å²) in [5.41, 5.74) is 2.58. The predicted molar refractivity (Wildman–Crippen MR) is 113 cm³/mol. The molecule has 6 heteroatoms. The van der Waals surface area contributed by atoms with Crippen molar-refractivity contribution in [3.8, 4) is 11.3 Å². The number of hydrogen-bond donors (Lipinski definition) is 2. The Hall–Kier alpha value is -3.15. The van der Waals surface area contributed by atoms with Crippen molar-refractivity contribution in [1.82, 2.24) is 10.3 Å². The minimum atomic E-state index is -0.581. The molecule has 2 bridgehead atoms. The molecule has 2 N–H and O–H groups in total. The third-order valence-corrected chi connectivity index (χ3v) is 4.53. The van der Waals surface area contributed by atoms with Crippen molar-refractivity contribution < 1.29 is 14.3 Å². The van der Waals surface area contributed by atoms with Crippen molar-refractivity contribution >= 4 is 17.7 Å². The molecule has 2 amide bonds. The lowest BCUT2D eigenvalue weighted by atomic mass is 9.97. The van der Waals surface area contributed by atoms with Gasteiger partial charge in [-0.2, -0.15) is 0 Å². The van der Waals surface area contributed by atoms with Gasteiger partial charge in [0.1, 0.15) is 5.60 Å². The van der Waals surface area contributed by atoms with E-state index in [2.05, 4.69) is 15.6 Å². The number of carbonyl (C=O) groups is 2. The van der Waals surface area contributed by atoms with Crippen LogP contribution in [-0.2, 0) is 9.53 Å². The molecule has 2 heterocycles. The summed E-state index contributed by atoms with van der Waals surface area (Å²) in [7, 11) is 0. The van der Waals surface area contributed by atoms with E-state index >= 15 is 0 Å². The summed E-state index contributed by atoms with van der Waals surface area (Å²) in [6.07, 6.45) is 5.53. The molecule has 0 aliphatic carbocycles. The summed E-state index contributed by atoms with van der Waals surface area (Å²) >= 11 is 0. The van der Waals surface area contributed by atoms with Gasteiger partial charge in [-0.1, -0.05) is 37.3 Å². The van der Waals surface area contributed by atoms with Gasteiger partial charge in [0.25, 0.3) is 0 Å². The number of carbonyl (C=O) groups excluding carboxylic acids is 2. The van der Waals surface area contributed by atoms with Gasteiger partial charge in [0.15, 0.2) is 0 Å². The maximum absolute atomic E-state index is 12.6. The molecule has 0 radical (unpaired) electrons. The molecule has 2 atom stereocenters. The average Bonchev–Trinajstić information content (AvgIpc) is 2.65. The molecule has 0 fully saturated rings. The fourth-order valence-corrected chi connectivity index (χ4v) is 3.12. The number of benzene rings is 1. The Bertz CT molecular complexity index is 931. The Balaban J connectivity index is 2.01. The molecule has 1 aliphatic heterocycles. The van der Waals surface area contributed by atoms with Crippen molar-refractivity contribution in [2.24, 2.45) is 5.92 Å². The molecule has 3 rings (SSSR count). The molecule has 0 unspecified atom stereocenters. The summed E-state index contributed by atoms with van der Waals surface area (Å²) < 4.78 is 5.43. The standard InChI is InChI=1S/C23H27N3O3/c1-15-8-5-11-18(26-22(28)29-23(2,3)4)16-9-6-10-17(14-16)20-19(25-21(15)27)12-7-13-24-20/h5-10,12-15,18H,11H2,1-4H3,(H,25,27)(H,26,28)/b8-5+/t15-,18+/m1/s1. The number of aromatic nitrogens is 1. The first-order valence-corrected chi connectivity index (χ1v) is 9.75. The predicted octanol–water partition coefficient (Wildman–Crippen LogP) is 4.85. The van der Waals surface area contributed by atoms with Crippen LogP contribution in [0, 0.1) is 5.92 Å². The van der Waals surface area contributed by atoms with E-state index in [4.69, 9.17) is 4.74 Å². The quantitative estimate of drug-likeness (QED) is 0.679. The monoisotopic (exact) mass is 393 g/mol. The second-order valence-electron chi connectivity index (χ2n) is 8.17. The first kappa shape index (κ1) is 20.6. The number of rotatable bonds is 1. The summed E-state index contributed by atoms with van der Waals surface area (Å²) in [6, 6.07) is 11.2. The Labute approximate surface area is 171 Å². The zero-order valence-corrected chi connectivity index (χ0v) is 17.2. The van der Waals surface area contributed by atoms with Gasteiger partial charge in [-0.15, -0.1) is 0 Å². The molecule has 0 saturated heterocycles. The highest BCUT2D eigenvalue weighted by molar-refractivity contribution is 5.96. The molecule has 1 aromatic heterocycles. The van der Waals surface area contributed by atoms with Crippen LogP contribution in [0.25, 0.3) is 11.3 Å². The van der Waals surface area contributed by atoms with Crippen LogP contribution in [-0.4, -0.2) is 22.6 Å². The highest BCUT2D eigenvalue weighted by Crippen LogP contribution is 2.30. The topological polar surface area (TPSA) is 80.3 Å². The van der Waals surface area contributed by atoms with Gasteiger partial charge in [-0.3, -0.25) is 9.78 Å². The van der Waals surface area contributed by atoms with Gasteiger partial charge < -0.3 is 15.4 Å². The van der Waals surface area contributed by atoms with Gasteiger partial charge in [0.05, 0.1) is 23.3 Å². The van der Waals surface area contributed by atoms with E-state index in [1.54, 1.807) is 12.3 Å². The lowest BCUT2D eigenvalue weighted by Crippen LogP contribution is -2.35. The van der Waals surface area contributed by atoms with Gasteiger partial charge in [-0.25, -0.2) is 4.79 Å². The van der Waals surface area contributed by atoms with Crippen LogP contribution < -0.4 is 10.6 Å². The lowest BCUT2D eigenvalue weighted by molar-refractivity contribution is -0.118. The van der Waals surface area contributed by atoms with Crippen LogP contribution in [0.4, 0.5) is 10.5 Å². The molecule has 0 spiro atoms. The largest absolute Gasteiger partial charge is 0.444 e. The molecule has 1 aliphatic rings. The van der Waals surface area contributed by atoms with Crippen LogP contribution in [0.15, 0.2) is 54.7 Å². The minimum Gasteiger partial charge on any atom is -0.444 e. The number of alkyl carbamates (subject to hydrolysis) is 1. The molecular formula is C23H27N3O3. The minimum absolute atomic E-state index is 0.108. The van der Waals surface area contributed by atoms with E-state index in [0.717, 1.165) is 11.1 Å². The average molecular weight is 393 g/mol. The molecule has 6 nitrogen and oxygen atoms in total. The smallest absolute Gasteiger partial charge is 0.408 e. The zero-order valence-electron chi connectivity index (χ0n) is 17.2. The Kier molecular flexibility index (Phi) is 6.01. The number of amides is 2. The zero-order chi connectivity index (χ0) is 21.0. The molecule has 0 saturated carbocycles. The fourth-order valence-electron chi connectivity index (χ4n) is 3.12. The summed E-state index contributed by atoms with van der Waals surface area (Å²) in [5.74, 6) is -0.424. The molecule has 1 aromatic carbocycles. The maximum atomic E-state index is 12.6. The van der Waals surface area contributed by atoms with E-state index in [-0.39, 0.29) is 17.9 Å². The molecule has 29 heavy (non-hydrogen) atoms. The SMILES string of the molecule is C[C@@H]1/C=C/C[C@H](NC(=O)OC(C)(C)C)c2cccc(c2)-c2ncccc2NC1=O. The van der Waals surface area contributed by atoms with Gasteiger partial charge in [0, 0.05) is 11.8 Å². The van der Waals surface area contributed by atoms with Crippen LogP contribution >= 0.6 is 0 Å². The summed E-state index contributed by atoms with van der Waals surface area (Å²) in [5, 5.41) is 5.92. The molecular weight excluding hydrogens is 366 g/mol. The van der Waals surface area contributed by atoms with Crippen molar-refractivity contribution in [2.75, 3.05) is 5.32 Å². The van der Waals surface area contributed by atoms with E-state index < -0.39 is 11.7 Å². The van der Waals surface area contributed by atoms with E-state index in [0.29, 0.717) is 17.8 Å². The third kappa shape index (κ3) is 5.44. The Morgan fingerprint density at radius 3 is 2.79 bits per heavy atom. The number of hydrogen-bond acceptors (Lipinski definition) is 4. The number of fused-ring (bicyclic) bond motifs is 4. The molecule has 2 aromatic rings. The van der Waals surface area contributed by atoms with Crippen LogP contribution in [0.5, 0.6) is 0 Å². The molecule has 152 valence electrons. The number of anilines is 1. The van der Waals surface area contributed by atoms with Crippen molar-refractivity contribution in [3.63, 3.8) is 0 Å². The Morgan fingerprint density at radius 2 is 2.03 bits per heavy atom. The number of ether oxygens (including phenoxy) is 1. The fraction of sp³-hybridized carbons (Fsp3) is 0.348. The number of pyridine rings is 1. The highest BCUT2D eigenvalue weighted by Gasteiger charge is 2.22. The first-order valence-electron chi connectivity index (χ1n) is 9.75. The normalized spacial score (nSPS) is 20.3. The third-order valence-electron chi connectivity index (χ3n) is 4.53. The van der Waals surface area contributed by atoms with Crippen LogP contribution in [0.2, 0.25) is 0 Å². The van der Waals surface area contributed by atoms with E-state index in [9.17, 15) is 9.59 Å². The maximum Gasteiger partial charge on any atom is 0.408 e. The van der Waals surface area contributed by atoms with Gasteiger partial charge in [0.2, 0.25) is 5.91 Å². The number of nitrogens with zero attached hydrogens (tertiary/aromatic N) is 1. The van der Waals surface area contributed by atoms with Crippen LogP contribution in [0.3, 0.4) is 0 Å².